The van der Waals surface area contributed by atoms with Gasteiger partial charge in [-0.05, 0) is 84.0 Å². The average molecular weight is 598 g/mol. The number of hydrogen-bond donors (Lipinski definition) is 2. The zero-order valence-electron chi connectivity index (χ0n) is 22.4. The van der Waals surface area contributed by atoms with Gasteiger partial charge < -0.3 is 10.5 Å². The van der Waals surface area contributed by atoms with E-state index in [1.54, 1.807) is 19.2 Å². The van der Waals surface area contributed by atoms with Crippen molar-refractivity contribution in [2.75, 3.05) is 18.2 Å². The third-order valence-corrected chi connectivity index (χ3v) is 8.97. The van der Waals surface area contributed by atoms with Crippen molar-refractivity contribution in [3.8, 4) is 38.7 Å². The number of benzene rings is 3. The SMILES string of the molecule is COc1ccc(-c2cc(-c3ccc(C)c(C)c3)nc3sc(C(=O)Nc4nsc(-c5ccc(Cl)cc5)n4)c(N)c23)cc1. The number of amides is 1. The summed E-state index contributed by atoms with van der Waals surface area (Å²) in [5, 5.41) is 4.84. The molecule has 3 aromatic carbocycles. The van der Waals surface area contributed by atoms with Crippen LogP contribution in [0.4, 0.5) is 11.6 Å². The molecule has 0 bridgehead atoms. The van der Waals surface area contributed by atoms with E-state index in [9.17, 15) is 4.79 Å². The molecule has 41 heavy (non-hydrogen) atoms. The van der Waals surface area contributed by atoms with Crippen LogP contribution in [0, 0.1) is 13.8 Å². The van der Waals surface area contributed by atoms with Crippen molar-refractivity contribution in [2.24, 2.45) is 0 Å². The van der Waals surface area contributed by atoms with Gasteiger partial charge in [0.05, 0.1) is 18.5 Å². The zero-order chi connectivity index (χ0) is 28.7. The van der Waals surface area contributed by atoms with E-state index in [-0.39, 0.29) is 11.9 Å². The number of hydrogen-bond acceptors (Lipinski definition) is 8. The molecule has 0 aliphatic carbocycles. The summed E-state index contributed by atoms with van der Waals surface area (Å²) in [5.41, 5.74) is 13.9. The summed E-state index contributed by atoms with van der Waals surface area (Å²) in [6.45, 7) is 4.16. The van der Waals surface area contributed by atoms with Crippen LogP contribution < -0.4 is 15.8 Å². The van der Waals surface area contributed by atoms with Gasteiger partial charge in [0.25, 0.3) is 5.91 Å². The van der Waals surface area contributed by atoms with Crippen molar-refractivity contribution in [1.82, 2.24) is 14.3 Å². The van der Waals surface area contributed by atoms with Crippen LogP contribution in [0.1, 0.15) is 20.8 Å². The maximum atomic E-state index is 13.4. The smallest absolute Gasteiger partial charge is 0.270 e. The lowest BCUT2D eigenvalue weighted by Gasteiger charge is -2.11. The van der Waals surface area contributed by atoms with Crippen molar-refractivity contribution in [3.05, 3.63) is 93.8 Å². The fourth-order valence-corrected chi connectivity index (χ4v) is 6.25. The van der Waals surface area contributed by atoms with Crippen molar-refractivity contribution in [2.45, 2.75) is 13.8 Å². The topological polar surface area (TPSA) is 103 Å². The highest BCUT2D eigenvalue weighted by atomic mass is 35.5. The number of halogens is 1. The number of thiophene rings is 1. The molecule has 0 radical (unpaired) electrons. The molecule has 7 nitrogen and oxygen atoms in total. The summed E-state index contributed by atoms with van der Waals surface area (Å²) in [7, 11) is 1.63. The molecule has 3 heterocycles. The first-order chi connectivity index (χ1) is 19.8. The van der Waals surface area contributed by atoms with E-state index in [2.05, 4.69) is 46.7 Å². The fourth-order valence-electron chi connectivity index (χ4n) is 4.48. The van der Waals surface area contributed by atoms with E-state index in [4.69, 9.17) is 27.1 Å². The number of aryl methyl sites for hydroxylation is 2. The number of nitrogens with zero attached hydrogens (tertiary/aromatic N) is 3. The number of carbonyl (C=O) groups excluding carboxylic acids is 1. The number of anilines is 2. The number of pyridine rings is 1. The molecule has 204 valence electrons. The molecular formula is C31H24ClN5O2S2. The first kappa shape index (κ1) is 26.9. The lowest BCUT2D eigenvalue weighted by Crippen LogP contribution is -2.13. The molecule has 0 saturated heterocycles. The lowest BCUT2D eigenvalue weighted by molar-refractivity contribution is 0.103. The normalized spacial score (nSPS) is 11.1. The molecule has 0 saturated carbocycles. The highest BCUT2D eigenvalue weighted by molar-refractivity contribution is 7.21. The zero-order valence-corrected chi connectivity index (χ0v) is 24.7. The van der Waals surface area contributed by atoms with E-state index >= 15 is 0 Å². The monoisotopic (exact) mass is 597 g/mol. The number of rotatable bonds is 6. The first-order valence-electron chi connectivity index (χ1n) is 12.7. The Balaban J connectivity index is 1.41. The largest absolute Gasteiger partial charge is 0.497 e. The predicted octanol–water partition coefficient (Wildman–Crippen LogP) is 8.26. The highest BCUT2D eigenvalue weighted by Crippen LogP contribution is 2.42. The fraction of sp³-hybridized carbons (Fsp3) is 0.0968. The van der Waals surface area contributed by atoms with Crippen LogP contribution in [0.25, 0.3) is 43.2 Å². The predicted molar refractivity (Wildman–Crippen MR) is 169 cm³/mol. The molecule has 0 fully saturated rings. The molecule has 3 aromatic heterocycles. The van der Waals surface area contributed by atoms with Crippen LogP contribution in [-0.4, -0.2) is 27.4 Å². The Morgan fingerprint density at radius 1 is 0.902 bits per heavy atom. The van der Waals surface area contributed by atoms with E-state index < -0.39 is 0 Å². The first-order valence-corrected chi connectivity index (χ1v) is 14.6. The van der Waals surface area contributed by atoms with E-state index in [0.717, 1.165) is 39.1 Å². The van der Waals surface area contributed by atoms with Crippen molar-refractivity contribution in [3.63, 3.8) is 0 Å². The minimum absolute atomic E-state index is 0.209. The molecule has 1 amide bonds. The molecule has 6 aromatic rings. The minimum atomic E-state index is -0.389. The van der Waals surface area contributed by atoms with Crippen LogP contribution in [0.3, 0.4) is 0 Å². The second-order valence-electron chi connectivity index (χ2n) is 9.49. The third-order valence-electron chi connectivity index (χ3n) is 6.85. The Morgan fingerprint density at radius 3 is 2.32 bits per heavy atom. The quantitative estimate of drug-likeness (QED) is 0.200. The summed E-state index contributed by atoms with van der Waals surface area (Å²) in [5.74, 6) is 0.570. The second kappa shape index (κ2) is 10.9. The van der Waals surface area contributed by atoms with Gasteiger partial charge in [0.15, 0.2) is 0 Å². The average Bonchev–Trinajstić information content (AvgIpc) is 3.58. The molecular weight excluding hydrogens is 574 g/mol. The molecule has 6 rings (SSSR count). The minimum Gasteiger partial charge on any atom is -0.497 e. The van der Waals surface area contributed by atoms with Gasteiger partial charge in [-0.25, -0.2) is 4.98 Å². The van der Waals surface area contributed by atoms with Gasteiger partial charge in [-0.2, -0.15) is 9.36 Å². The Bertz CT molecular complexity index is 1910. The number of aromatic nitrogens is 3. The number of methoxy groups -OCH3 is 1. The lowest BCUT2D eigenvalue weighted by atomic mass is 9.98. The molecule has 3 N–H and O–H groups in total. The number of nitrogens with two attached hydrogens (primary N) is 1. The molecule has 0 spiro atoms. The molecule has 0 aliphatic heterocycles. The molecule has 0 unspecified atom stereocenters. The van der Waals surface area contributed by atoms with Crippen molar-refractivity contribution >= 4 is 62.2 Å². The Kier molecular flexibility index (Phi) is 7.17. The van der Waals surface area contributed by atoms with E-state index in [1.807, 2.05) is 42.5 Å². The van der Waals surface area contributed by atoms with Crippen LogP contribution in [0.2, 0.25) is 5.02 Å². The van der Waals surface area contributed by atoms with Gasteiger partial charge in [-0.1, -0.05) is 48.0 Å². The number of nitrogens with one attached hydrogen (secondary N) is 1. The number of nitrogen functional groups attached to an aromatic ring is 1. The summed E-state index contributed by atoms with van der Waals surface area (Å²) in [4.78, 5) is 23.9. The standard InChI is InChI=1S/C31H24ClN5O2S2/c1-16-4-5-20(14-17(16)2)24-15-23(18-8-12-22(39-3)13-9-18)25-26(33)27(40-30(25)34-24)28(38)35-31-36-29(41-37-31)19-6-10-21(32)11-7-19/h4-15H,33H2,1-3H3,(H,35,37,38). The molecule has 0 aliphatic rings. The Hall–Kier alpha value is -4.31. The van der Waals surface area contributed by atoms with Gasteiger partial charge in [0.1, 0.15) is 20.5 Å². The Morgan fingerprint density at radius 2 is 1.61 bits per heavy atom. The van der Waals surface area contributed by atoms with Gasteiger partial charge in [-0.3, -0.25) is 10.1 Å². The van der Waals surface area contributed by atoms with Gasteiger partial charge >= 0.3 is 0 Å². The van der Waals surface area contributed by atoms with E-state index in [0.29, 0.717) is 25.4 Å². The molecule has 10 heteroatoms. The van der Waals surface area contributed by atoms with Crippen LogP contribution in [0.15, 0.2) is 72.8 Å². The third kappa shape index (κ3) is 5.27. The summed E-state index contributed by atoms with van der Waals surface area (Å²) in [6, 6.07) is 23.3. The van der Waals surface area contributed by atoms with Crippen molar-refractivity contribution < 1.29 is 9.53 Å². The number of ether oxygens (including phenoxy) is 1. The summed E-state index contributed by atoms with van der Waals surface area (Å²) >= 11 is 8.44. The van der Waals surface area contributed by atoms with Crippen LogP contribution in [0.5, 0.6) is 5.75 Å². The highest BCUT2D eigenvalue weighted by Gasteiger charge is 2.23. The summed E-state index contributed by atoms with van der Waals surface area (Å²) < 4.78 is 9.67. The summed E-state index contributed by atoms with van der Waals surface area (Å²) in [6.07, 6.45) is 0. The maximum absolute atomic E-state index is 13.4. The van der Waals surface area contributed by atoms with Gasteiger partial charge in [0, 0.05) is 21.5 Å². The van der Waals surface area contributed by atoms with Crippen LogP contribution in [-0.2, 0) is 0 Å². The Labute approximate surface area is 249 Å². The number of fused-ring (bicyclic) bond motifs is 1. The van der Waals surface area contributed by atoms with E-state index in [1.165, 1.54) is 34.0 Å². The van der Waals surface area contributed by atoms with Gasteiger partial charge in [0.2, 0.25) is 5.95 Å². The molecule has 0 atom stereocenters. The number of carbonyl (C=O) groups is 1. The second-order valence-corrected chi connectivity index (χ2v) is 11.7. The van der Waals surface area contributed by atoms with Gasteiger partial charge in [-0.15, -0.1) is 11.3 Å². The van der Waals surface area contributed by atoms with Crippen LogP contribution >= 0.6 is 34.5 Å². The van der Waals surface area contributed by atoms with Crippen molar-refractivity contribution in [1.29, 1.82) is 0 Å². The maximum Gasteiger partial charge on any atom is 0.270 e.